The van der Waals surface area contributed by atoms with Crippen LogP contribution >= 0.6 is 0 Å². The molecule has 196 valence electrons. The molecule has 1 amide bonds. The van der Waals surface area contributed by atoms with Crippen LogP contribution in [0.5, 0.6) is 0 Å². The first-order valence-electron chi connectivity index (χ1n) is 12.4. The summed E-state index contributed by atoms with van der Waals surface area (Å²) in [6.45, 7) is 14.8. The lowest BCUT2D eigenvalue weighted by Crippen LogP contribution is -2.42. The molecule has 1 aliphatic rings. The summed E-state index contributed by atoms with van der Waals surface area (Å²) in [5, 5.41) is 8.25. The lowest BCUT2D eigenvalue weighted by Gasteiger charge is -2.29. The molecule has 37 heavy (non-hydrogen) atoms. The van der Waals surface area contributed by atoms with Gasteiger partial charge in [0.1, 0.15) is 0 Å². The minimum Gasteiger partial charge on any atom is -0.351 e. The number of nitrogens with one attached hydrogen (secondary N) is 1. The molecule has 1 atom stereocenters. The number of hydrogen-bond acceptors (Lipinski definition) is 5. The summed E-state index contributed by atoms with van der Waals surface area (Å²) in [7, 11) is -3.81. The number of nitrogens with two attached hydrogens (primary N) is 1. The molecule has 0 aromatic heterocycles. The van der Waals surface area contributed by atoms with Gasteiger partial charge in [0.05, 0.1) is 17.6 Å². The molecule has 0 bridgehead atoms. The van der Waals surface area contributed by atoms with Gasteiger partial charge < -0.3 is 15.1 Å². The van der Waals surface area contributed by atoms with Crippen LogP contribution in [0.3, 0.4) is 0 Å². The van der Waals surface area contributed by atoms with E-state index in [1.165, 1.54) is 69.0 Å². The third kappa shape index (κ3) is 5.65. The number of hydrogen-bond donors (Lipinski definition) is 2. The van der Waals surface area contributed by atoms with E-state index in [1.54, 1.807) is 0 Å². The number of sulfonamides is 1. The highest BCUT2D eigenvalue weighted by Crippen LogP contribution is 2.35. The topological polar surface area (TPSA) is 95.7 Å². The molecule has 3 aromatic carbocycles. The number of primary sulfonamides is 1. The van der Waals surface area contributed by atoms with Crippen LogP contribution in [0.4, 0.5) is 11.4 Å². The third-order valence-electron chi connectivity index (χ3n) is 7.01. The maximum atomic E-state index is 13.0. The van der Waals surface area contributed by atoms with Gasteiger partial charge in [0.15, 0.2) is 0 Å². The minimum atomic E-state index is -3.81. The number of rotatable bonds is 6. The Balaban J connectivity index is 1.62. The fourth-order valence-electron chi connectivity index (χ4n) is 5.71. The van der Waals surface area contributed by atoms with E-state index >= 15 is 0 Å². The van der Waals surface area contributed by atoms with Crippen molar-refractivity contribution in [3.05, 3.63) is 87.5 Å². The average Bonchev–Trinajstić information content (AvgIpc) is 3.18. The number of benzene rings is 3. The summed E-state index contributed by atoms with van der Waals surface area (Å²) in [5.74, 6) is -0.251. The number of carbonyl (C=O) groups is 1. The number of anilines is 2. The summed E-state index contributed by atoms with van der Waals surface area (Å²) >= 11 is 0. The second-order valence-electron chi connectivity index (χ2n) is 10.3. The number of carbonyl (C=O) groups excluding carboxylic acids is 1. The molecule has 1 unspecified atom stereocenters. The molecule has 0 aliphatic carbocycles. The van der Waals surface area contributed by atoms with Gasteiger partial charge >= 0.3 is 0 Å². The Labute approximate surface area is 220 Å². The largest absolute Gasteiger partial charge is 0.351 e. The van der Waals surface area contributed by atoms with Crippen molar-refractivity contribution < 1.29 is 13.2 Å². The molecule has 0 saturated carbocycles. The molecule has 1 heterocycles. The lowest BCUT2D eigenvalue weighted by atomic mass is 10.0. The first-order chi connectivity index (χ1) is 17.3. The molecule has 4 rings (SSSR count). The Morgan fingerprint density at radius 3 is 1.84 bits per heavy atom. The van der Waals surface area contributed by atoms with Gasteiger partial charge in [-0.1, -0.05) is 35.4 Å². The second kappa shape index (κ2) is 10.2. The Morgan fingerprint density at radius 2 is 1.35 bits per heavy atom. The molecule has 8 heteroatoms. The predicted octanol–water partition coefficient (Wildman–Crippen LogP) is 4.27. The highest BCUT2D eigenvalue weighted by Gasteiger charge is 2.34. The summed E-state index contributed by atoms with van der Waals surface area (Å²) in [6, 6.07) is 14.6. The number of nitrogens with zero attached hydrogens (tertiary/aromatic N) is 2. The lowest BCUT2D eigenvalue weighted by molar-refractivity contribution is 0.0951. The van der Waals surface area contributed by atoms with E-state index in [0.29, 0.717) is 12.1 Å². The maximum absolute atomic E-state index is 13.0. The Morgan fingerprint density at radius 1 is 0.865 bits per heavy atom. The van der Waals surface area contributed by atoms with Crippen molar-refractivity contribution >= 4 is 27.3 Å². The Hall–Kier alpha value is -3.36. The van der Waals surface area contributed by atoms with E-state index in [1.807, 2.05) is 0 Å². The summed E-state index contributed by atoms with van der Waals surface area (Å²) in [4.78, 5) is 17.7. The van der Waals surface area contributed by atoms with Crippen molar-refractivity contribution in [3.63, 3.8) is 0 Å². The summed E-state index contributed by atoms with van der Waals surface area (Å²) in [5.41, 5.74) is 10.2. The SMILES string of the molecule is Cc1cc(C)c(N2CC(CNC(=O)c3ccc(S(N)(=O)=O)cc3)N(c3c(C)cc(C)cc3C)C2)c(C)c1. The van der Waals surface area contributed by atoms with Gasteiger partial charge in [-0.05, 0) is 88.1 Å². The molecule has 1 aliphatic heterocycles. The number of amides is 1. The molecule has 3 N–H and O–H groups in total. The molecule has 1 saturated heterocycles. The second-order valence-corrected chi connectivity index (χ2v) is 11.8. The van der Waals surface area contributed by atoms with Crippen molar-refractivity contribution in [2.75, 3.05) is 29.6 Å². The van der Waals surface area contributed by atoms with Crippen LogP contribution in [0.15, 0.2) is 53.4 Å². The van der Waals surface area contributed by atoms with Crippen LogP contribution in [0.2, 0.25) is 0 Å². The summed E-state index contributed by atoms with van der Waals surface area (Å²) < 4.78 is 23.1. The van der Waals surface area contributed by atoms with Gasteiger partial charge in [0, 0.05) is 30.0 Å². The Bertz CT molecular complexity index is 1400. The zero-order valence-corrected chi connectivity index (χ0v) is 23.2. The third-order valence-corrected chi connectivity index (χ3v) is 7.94. The fourth-order valence-corrected chi connectivity index (χ4v) is 6.22. The molecule has 3 aromatic rings. The first-order valence-corrected chi connectivity index (χ1v) is 14.0. The van der Waals surface area contributed by atoms with Gasteiger partial charge in [-0.15, -0.1) is 0 Å². The predicted molar refractivity (Wildman–Crippen MR) is 150 cm³/mol. The van der Waals surface area contributed by atoms with E-state index in [-0.39, 0.29) is 16.8 Å². The van der Waals surface area contributed by atoms with E-state index in [2.05, 4.69) is 80.9 Å². The standard InChI is InChI=1S/C29H36N4O3S/c1-18-11-20(3)27(21(4)12-18)32-16-25(33(17-32)28-22(5)13-19(2)14-23(28)6)15-31-29(34)24-7-9-26(10-8-24)37(30,35)36/h7-14,25H,15-17H2,1-6H3,(H,31,34)(H2,30,35,36). The molecule has 0 radical (unpaired) electrons. The van der Waals surface area contributed by atoms with Crippen molar-refractivity contribution in [1.29, 1.82) is 0 Å². The molecular weight excluding hydrogens is 484 g/mol. The quantitative estimate of drug-likeness (QED) is 0.506. The van der Waals surface area contributed by atoms with Crippen LogP contribution in [-0.2, 0) is 10.0 Å². The zero-order valence-electron chi connectivity index (χ0n) is 22.4. The van der Waals surface area contributed by atoms with Crippen LogP contribution in [0, 0.1) is 41.5 Å². The Kier molecular flexibility index (Phi) is 7.35. The van der Waals surface area contributed by atoms with Gasteiger partial charge in [0.25, 0.3) is 5.91 Å². The first kappa shape index (κ1) is 26.7. The van der Waals surface area contributed by atoms with E-state index in [0.717, 1.165) is 13.2 Å². The smallest absolute Gasteiger partial charge is 0.251 e. The zero-order chi connectivity index (χ0) is 27.1. The van der Waals surface area contributed by atoms with Gasteiger partial charge in [-0.3, -0.25) is 4.79 Å². The van der Waals surface area contributed by atoms with Crippen molar-refractivity contribution in [1.82, 2.24) is 5.32 Å². The van der Waals surface area contributed by atoms with Crippen LogP contribution in [-0.4, -0.2) is 40.1 Å². The molecule has 1 fully saturated rings. The summed E-state index contributed by atoms with van der Waals surface area (Å²) in [6.07, 6.45) is 0. The van der Waals surface area contributed by atoms with Gasteiger partial charge in [-0.2, -0.15) is 0 Å². The van der Waals surface area contributed by atoms with Gasteiger partial charge in [-0.25, -0.2) is 13.6 Å². The van der Waals surface area contributed by atoms with Crippen molar-refractivity contribution in [3.8, 4) is 0 Å². The van der Waals surface area contributed by atoms with Crippen LogP contribution < -0.4 is 20.3 Å². The monoisotopic (exact) mass is 520 g/mol. The normalized spacial score (nSPS) is 15.8. The van der Waals surface area contributed by atoms with Crippen LogP contribution in [0.25, 0.3) is 0 Å². The van der Waals surface area contributed by atoms with Gasteiger partial charge in [0.2, 0.25) is 10.0 Å². The maximum Gasteiger partial charge on any atom is 0.251 e. The minimum absolute atomic E-state index is 0.0178. The van der Waals surface area contributed by atoms with Crippen molar-refractivity contribution in [2.45, 2.75) is 52.5 Å². The number of aryl methyl sites for hydroxylation is 6. The molecule has 0 spiro atoms. The molecular formula is C29H36N4O3S. The fraction of sp³-hybridized carbons (Fsp3) is 0.345. The van der Waals surface area contributed by atoms with E-state index in [4.69, 9.17) is 5.14 Å². The highest BCUT2D eigenvalue weighted by molar-refractivity contribution is 7.89. The highest BCUT2D eigenvalue weighted by atomic mass is 32.2. The molecule has 7 nitrogen and oxygen atoms in total. The van der Waals surface area contributed by atoms with E-state index in [9.17, 15) is 13.2 Å². The van der Waals surface area contributed by atoms with E-state index < -0.39 is 10.0 Å². The van der Waals surface area contributed by atoms with Crippen molar-refractivity contribution in [2.24, 2.45) is 5.14 Å². The van der Waals surface area contributed by atoms with Crippen LogP contribution in [0.1, 0.15) is 43.7 Å². The average molecular weight is 521 g/mol.